The van der Waals surface area contributed by atoms with Crippen molar-refractivity contribution in [2.75, 3.05) is 33.7 Å². The molecule has 0 spiro atoms. The number of rotatable bonds is 4. The van der Waals surface area contributed by atoms with Gasteiger partial charge in [0.1, 0.15) is 11.3 Å². The van der Waals surface area contributed by atoms with Crippen molar-refractivity contribution in [3.8, 4) is 0 Å². The molecule has 0 aliphatic carbocycles. The van der Waals surface area contributed by atoms with Crippen LogP contribution in [0.3, 0.4) is 0 Å². The average Bonchev–Trinajstić information content (AvgIpc) is 3.12. The monoisotopic (exact) mass is 314 g/mol. The van der Waals surface area contributed by atoms with E-state index in [0.29, 0.717) is 12.5 Å². The Kier molecular flexibility index (Phi) is 4.86. The Morgan fingerprint density at radius 1 is 1.35 bits per heavy atom. The molecule has 1 aromatic carbocycles. The summed E-state index contributed by atoms with van der Waals surface area (Å²) >= 11 is 0. The quantitative estimate of drug-likeness (QED) is 0.672. The van der Waals surface area contributed by atoms with Gasteiger partial charge in [0.25, 0.3) is 0 Å². The van der Waals surface area contributed by atoms with E-state index in [-0.39, 0.29) is 0 Å². The third-order valence-electron chi connectivity index (χ3n) is 4.63. The molecular weight excluding hydrogens is 288 g/mol. The summed E-state index contributed by atoms with van der Waals surface area (Å²) in [5.74, 6) is 2.50. The molecule has 0 amide bonds. The number of para-hydroxylation sites is 1. The van der Waals surface area contributed by atoms with Gasteiger partial charge in [-0.2, -0.15) is 0 Å². The number of guanidine groups is 1. The fraction of sp³-hybridized carbons (Fsp3) is 0.500. The van der Waals surface area contributed by atoms with E-state index < -0.39 is 0 Å². The Bertz CT molecular complexity index is 691. The molecule has 3 rings (SSSR count). The molecule has 1 unspecified atom stereocenters. The molecule has 1 aliphatic rings. The van der Waals surface area contributed by atoms with Crippen molar-refractivity contribution in [1.29, 1.82) is 0 Å². The number of nitrogens with one attached hydrogen (secondary N) is 2. The average molecular weight is 314 g/mol. The fourth-order valence-corrected chi connectivity index (χ4v) is 3.21. The molecule has 0 radical (unpaired) electrons. The van der Waals surface area contributed by atoms with Gasteiger partial charge in [0, 0.05) is 31.1 Å². The van der Waals surface area contributed by atoms with E-state index >= 15 is 0 Å². The van der Waals surface area contributed by atoms with Crippen LogP contribution in [0.5, 0.6) is 0 Å². The number of furan rings is 1. The third-order valence-corrected chi connectivity index (χ3v) is 4.63. The van der Waals surface area contributed by atoms with E-state index in [9.17, 15) is 0 Å². The van der Waals surface area contributed by atoms with Crippen LogP contribution in [0.1, 0.15) is 17.7 Å². The van der Waals surface area contributed by atoms with Gasteiger partial charge in [0.05, 0.1) is 6.54 Å². The zero-order valence-corrected chi connectivity index (χ0v) is 14.2. The van der Waals surface area contributed by atoms with Gasteiger partial charge in [0.15, 0.2) is 5.96 Å². The molecule has 124 valence electrons. The van der Waals surface area contributed by atoms with Crippen LogP contribution < -0.4 is 10.6 Å². The van der Waals surface area contributed by atoms with E-state index in [4.69, 9.17) is 4.42 Å². The standard InChI is InChI=1S/C18H26N4O/c1-13-15-6-4-5-7-16(15)23-17(13)11-21-18(19-2)20-10-14-8-9-22(3)12-14/h4-7,14H,8-12H2,1-3H3,(H2,19,20,21). The Morgan fingerprint density at radius 2 is 2.17 bits per heavy atom. The number of hydrogen-bond acceptors (Lipinski definition) is 3. The summed E-state index contributed by atoms with van der Waals surface area (Å²) in [4.78, 5) is 6.68. The van der Waals surface area contributed by atoms with E-state index in [2.05, 4.69) is 40.6 Å². The zero-order chi connectivity index (χ0) is 16.2. The normalized spacial score (nSPS) is 19.4. The minimum absolute atomic E-state index is 0.644. The highest BCUT2D eigenvalue weighted by molar-refractivity contribution is 5.82. The van der Waals surface area contributed by atoms with Crippen molar-refractivity contribution >= 4 is 16.9 Å². The van der Waals surface area contributed by atoms with E-state index in [1.807, 2.05) is 25.2 Å². The van der Waals surface area contributed by atoms with E-state index in [1.54, 1.807) is 0 Å². The molecule has 2 aromatic rings. The number of aliphatic imine (C=N–C) groups is 1. The van der Waals surface area contributed by atoms with Gasteiger partial charge < -0.3 is 20.0 Å². The predicted molar refractivity (Wildman–Crippen MR) is 94.8 cm³/mol. The molecule has 2 heterocycles. The molecule has 1 saturated heterocycles. The molecule has 0 bridgehead atoms. The smallest absolute Gasteiger partial charge is 0.191 e. The van der Waals surface area contributed by atoms with Gasteiger partial charge in [0.2, 0.25) is 0 Å². The number of hydrogen-bond donors (Lipinski definition) is 2. The van der Waals surface area contributed by atoms with Crippen molar-refractivity contribution in [3.63, 3.8) is 0 Å². The Balaban J connectivity index is 1.56. The van der Waals surface area contributed by atoms with E-state index in [1.165, 1.54) is 23.9 Å². The number of aryl methyl sites for hydroxylation is 1. The van der Waals surface area contributed by atoms with Crippen LogP contribution in [0.2, 0.25) is 0 Å². The zero-order valence-electron chi connectivity index (χ0n) is 14.2. The Morgan fingerprint density at radius 3 is 2.87 bits per heavy atom. The molecule has 0 saturated carbocycles. The maximum Gasteiger partial charge on any atom is 0.191 e. The van der Waals surface area contributed by atoms with Gasteiger partial charge in [-0.25, -0.2) is 0 Å². The van der Waals surface area contributed by atoms with Crippen molar-refractivity contribution in [2.24, 2.45) is 10.9 Å². The highest BCUT2D eigenvalue weighted by Crippen LogP contribution is 2.24. The lowest BCUT2D eigenvalue weighted by Crippen LogP contribution is -2.39. The lowest BCUT2D eigenvalue weighted by molar-refractivity contribution is 0.393. The largest absolute Gasteiger partial charge is 0.459 e. The molecule has 23 heavy (non-hydrogen) atoms. The second-order valence-corrected chi connectivity index (χ2v) is 6.37. The molecule has 2 N–H and O–H groups in total. The molecule has 5 heteroatoms. The summed E-state index contributed by atoms with van der Waals surface area (Å²) < 4.78 is 5.93. The van der Waals surface area contributed by atoms with Crippen LogP contribution in [0.25, 0.3) is 11.0 Å². The summed E-state index contributed by atoms with van der Waals surface area (Å²) in [7, 11) is 3.99. The lowest BCUT2D eigenvalue weighted by Gasteiger charge is -2.15. The van der Waals surface area contributed by atoms with Gasteiger partial charge >= 0.3 is 0 Å². The number of likely N-dealkylation sites (tertiary alicyclic amines) is 1. The van der Waals surface area contributed by atoms with Crippen LogP contribution >= 0.6 is 0 Å². The summed E-state index contributed by atoms with van der Waals surface area (Å²) in [5, 5.41) is 7.96. The van der Waals surface area contributed by atoms with Crippen LogP contribution in [-0.4, -0.2) is 44.6 Å². The first-order chi connectivity index (χ1) is 11.2. The number of benzene rings is 1. The minimum atomic E-state index is 0.644. The van der Waals surface area contributed by atoms with E-state index in [0.717, 1.165) is 30.4 Å². The molecule has 1 atom stereocenters. The number of fused-ring (bicyclic) bond motifs is 1. The molecule has 1 aliphatic heterocycles. The Labute approximate surface area is 137 Å². The molecule has 1 fully saturated rings. The van der Waals surface area contributed by atoms with Gasteiger partial charge in [-0.1, -0.05) is 18.2 Å². The number of nitrogens with zero attached hydrogens (tertiary/aromatic N) is 2. The highest BCUT2D eigenvalue weighted by Gasteiger charge is 2.19. The lowest BCUT2D eigenvalue weighted by atomic mass is 10.1. The third kappa shape index (κ3) is 3.67. The van der Waals surface area contributed by atoms with Crippen LogP contribution in [0, 0.1) is 12.8 Å². The second-order valence-electron chi connectivity index (χ2n) is 6.37. The second kappa shape index (κ2) is 7.04. The highest BCUT2D eigenvalue weighted by atomic mass is 16.3. The minimum Gasteiger partial charge on any atom is -0.459 e. The van der Waals surface area contributed by atoms with Crippen LogP contribution in [-0.2, 0) is 6.54 Å². The summed E-state index contributed by atoms with van der Waals surface area (Å²) in [5.41, 5.74) is 2.14. The first-order valence-corrected chi connectivity index (χ1v) is 8.27. The molecule has 1 aromatic heterocycles. The Hall–Kier alpha value is -2.01. The van der Waals surface area contributed by atoms with Crippen molar-refractivity contribution in [2.45, 2.75) is 19.9 Å². The van der Waals surface area contributed by atoms with Gasteiger partial charge in [-0.15, -0.1) is 0 Å². The first kappa shape index (κ1) is 15.9. The van der Waals surface area contributed by atoms with Crippen LogP contribution in [0.15, 0.2) is 33.7 Å². The SMILES string of the molecule is CN=C(NCc1oc2ccccc2c1C)NCC1CCN(C)C1. The van der Waals surface area contributed by atoms with Crippen molar-refractivity contribution < 1.29 is 4.42 Å². The van der Waals surface area contributed by atoms with Crippen molar-refractivity contribution in [3.05, 3.63) is 35.6 Å². The van der Waals surface area contributed by atoms with Gasteiger partial charge in [-0.05, 0) is 38.9 Å². The molecular formula is C18H26N4O. The summed E-state index contributed by atoms with van der Waals surface area (Å²) in [6.45, 7) is 6.06. The molecule has 5 nitrogen and oxygen atoms in total. The summed E-state index contributed by atoms with van der Waals surface area (Å²) in [6.07, 6.45) is 1.25. The maximum atomic E-state index is 5.93. The first-order valence-electron chi connectivity index (χ1n) is 8.27. The topological polar surface area (TPSA) is 52.8 Å². The van der Waals surface area contributed by atoms with Crippen molar-refractivity contribution in [1.82, 2.24) is 15.5 Å². The predicted octanol–water partition coefficient (Wildman–Crippen LogP) is 2.36. The maximum absolute atomic E-state index is 5.93. The van der Waals surface area contributed by atoms with Crippen LogP contribution in [0.4, 0.5) is 0 Å². The van der Waals surface area contributed by atoms with Gasteiger partial charge in [-0.3, -0.25) is 4.99 Å². The summed E-state index contributed by atoms with van der Waals surface area (Å²) in [6, 6.07) is 8.15. The fourth-order valence-electron chi connectivity index (χ4n) is 3.21.